The molecule has 0 aliphatic rings. The number of hydrogen-bond donors (Lipinski definition) is 0. The van der Waals surface area contributed by atoms with E-state index in [9.17, 15) is 9.59 Å². The zero-order chi connectivity index (χ0) is 17.2. The van der Waals surface area contributed by atoms with E-state index >= 15 is 0 Å². The highest BCUT2D eigenvalue weighted by molar-refractivity contribution is 5.72. The fraction of sp³-hybridized carbons (Fsp3) is 0.579. The number of benzene rings is 1. The van der Waals surface area contributed by atoms with Gasteiger partial charge in [-0.1, -0.05) is 46.6 Å². The van der Waals surface area contributed by atoms with E-state index in [2.05, 4.69) is 37.7 Å². The Morgan fingerprint density at radius 3 is 2.04 bits per heavy atom. The van der Waals surface area contributed by atoms with Gasteiger partial charge in [-0.2, -0.15) is 9.98 Å². The summed E-state index contributed by atoms with van der Waals surface area (Å²) in [6, 6.07) is 2.04. The normalized spacial score (nSPS) is 10.3. The molecule has 0 radical (unpaired) electrons. The molecule has 0 spiro atoms. The molecule has 0 saturated heterocycles. The Morgan fingerprint density at radius 2 is 1.52 bits per heavy atom. The molecule has 0 heterocycles. The summed E-state index contributed by atoms with van der Waals surface area (Å²) in [4.78, 5) is 29.7. The molecule has 0 N–H and O–H groups in total. The van der Waals surface area contributed by atoms with Crippen LogP contribution < -0.4 is 0 Å². The smallest absolute Gasteiger partial charge is 0.211 e. The van der Waals surface area contributed by atoms with Crippen LogP contribution in [0.5, 0.6) is 0 Å². The molecule has 4 heteroatoms. The number of hydrogen-bond acceptors (Lipinski definition) is 4. The molecule has 0 unspecified atom stereocenters. The third-order valence-electron chi connectivity index (χ3n) is 4.00. The SMILES string of the molecule is CCCCc1cc(C(C)C)c(N=C=O)c(CCCC)c1N=C=O. The molecule has 0 atom stereocenters. The maximum absolute atomic E-state index is 10.9. The zero-order valence-electron chi connectivity index (χ0n) is 14.6. The lowest BCUT2D eigenvalue weighted by Gasteiger charge is -2.18. The van der Waals surface area contributed by atoms with E-state index in [1.165, 1.54) is 0 Å². The summed E-state index contributed by atoms with van der Waals surface area (Å²) in [6.07, 6.45) is 9.02. The Balaban J connectivity index is 3.67. The number of unbranched alkanes of at least 4 members (excludes halogenated alkanes) is 2. The van der Waals surface area contributed by atoms with E-state index in [-0.39, 0.29) is 5.92 Å². The lowest BCUT2D eigenvalue weighted by atomic mass is 9.89. The van der Waals surface area contributed by atoms with Crippen LogP contribution >= 0.6 is 0 Å². The quantitative estimate of drug-likeness (QED) is 0.450. The van der Waals surface area contributed by atoms with Crippen molar-refractivity contribution in [2.24, 2.45) is 9.98 Å². The van der Waals surface area contributed by atoms with Crippen molar-refractivity contribution in [3.05, 3.63) is 22.8 Å². The summed E-state index contributed by atoms with van der Waals surface area (Å²) >= 11 is 0. The maximum atomic E-state index is 10.9. The number of nitrogens with zero attached hydrogens (tertiary/aromatic N) is 2. The summed E-state index contributed by atoms with van der Waals surface area (Å²) in [7, 11) is 0. The van der Waals surface area contributed by atoms with E-state index in [0.717, 1.165) is 55.2 Å². The van der Waals surface area contributed by atoms with Gasteiger partial charge in [0, 0.05) is 5.56 Å². The van der Waals surface area contributed by atoms with E-state index in [1.54, 1.807) is 12.2 Å². The van der Waals surface area contributed by atoms with Crippen LogP contribution in [0.2, 0.25) is 0 Å². The Morgan fingerprint density at radius 1 is 0.957 bits per heavy atom. The topological polar surface area (TPSA) is 58.9 Å². The first-order valence-corrected chi connectivity index (χ1v) is 8.44. The third kappa shape index (κ3) is 4.99. The monoisotopic (exact) mass is 314 g/mol. The molecular weight excluding hydrogens is 288 g/mol. The molecule has 0 aliphatic carbocycles. The molecule has 23 heavy (non-hydrogen) atoms. The standard InChI is InChI=1S/C19H26N2O2/c1-5-7-9-15-11-17(14(3)4)19(21-13-23)16(10-8-6-2)18(15)20-12-22/h11,14H,5-10H2,1-4H3. The van der Waals surface area contributed by atoms with E-state index in [4.69, 9.17) is 0 Å². The predicted molar refractivity (Wildman–Crippen MR) is 93.3 cm³/mol. The minimum Gasteiger partial charge on any atom is -0.211 e. The van der Waals surface area contributed by atoms with Crippen molar-refractivity contribution in [1.82, 2.24) is 0 Å². The van der Waals surface area contributed by atoms with Gasteiger partial charge in [0.15, 0.2) is 0 Å². The molecule has 1 rings (SSSR count). The van der Waals surface area contributed by atoms with Crippen LogP contribution in [0.25, 0.3) is 0 Å². The van der Waals surface area contributed by atoms with Crippen LogP contribution in [0.1, 0.15) is 76.0 Å². The van der Waals surface area contributed by atoms with Crippen LogP contribution in [-0.4, -0.2) is 12.2 Å². The Kier molecular flexibility index (Phi) is 8.18. The first-order chi connectivity index (χ1) is 11.1. The van der Waals surface area contributed by atoms with Crippen molar-refractivity contribution in [2.75, 3.05) is 0 Å². The van der Waals surface area contributed by atoms with Gasteiger partial charge >= 0.3 is 0 Å². The van der Waals surface area contributed by atoms with Crippen LogP contribution in [0.15, 0.2) is 16.1 Å². The van der Waals surface area contributed by atoms with Crippen molar-refractivity contribution >= 4 is 23.5 Å². The highest BCUT2D eigenvalue weighted by atomic mass is 16.1. The predicted octanol–water partition coefficient (Wildman–Crippen LogP) is 5.43. The molecule has 1 aromatic rings. The molecule has 0 amide bonds. The lowest BCUT2D eigenvalue weighted by molar-refractivity contribution is 0.564. The van der Waals surface area contributed by atoms with Gasteiger partial charge in [0.25, 0.3) is 0 Å². The summed E-state index contributed by atoms with van der Waals surface area (Å²) in [5.41, 5.74) is 4.25. The molecule has 4 nitrogen and oxygen atoms in total. The van der Waals surface area contributed by atoms with E-state index < -0.39 is 0 Å². The van der Waals surface area contributed by atoms with Crippen molar-refractivity contribution in [3.8, 4) is 0 Å². The number of rotatable bonds is 9. The van der Waals surface area contributed by atoms with Crippen molar-refractivity contribution in [1.29, 1.82) is 0 Å². The summed E-state index contributed by atoms with van der Waals surface area (Å²) in [5.74, 6) is 0.233. The summed E-state index contributed by atoms with van der Waals surface area (Å²) in [5, 5.41) is 0. The summed E-state index contributed by atoms with van der Waals surface area (Å²) in [6.45, 7) is 8.40. The second-order valence-electron chi connectivity index (χ2n) is 6.07. The van der Waals surface area contributed by atoms with Crippen LogP contribution in [0.4, 0.5) is 11.4 Å². The Labute approximate surface area is 138 Å². The van der Waals surface area contributed by atoms with Gasteiger partial charge in [0.2, 0.25) is 12.2 Å². The molecule has 0 saturated carbocycles. The number of carbonyl (C=O) groups excluding carboxylic acids is 2. The van der Waals surface area contributed by atoms with Gasteiger partial charge in [-0.3, -0.25) is 0 Å². The van der Waals surface area contributed by atoms with Crippen LogP contribution in [0.3, 0.4) is 0 Å². The molecule has 0 fully saturated rings. The van der Waals surface area contributed by atoms with Gasteiger partial charge < -0.3 is 0 Å². The van der Waals surface area contributed by atoms with Gasteiger partial charge in [-0.15, -0.1) is 0 Å². The second-order valence-corrected chi connectivity index (χ2v) is 6.07. The van der Waals surface area contributed by atoms with E-state index in [1.807, 2.05) is 6.07 Å². The zero-order valence-corrected chi connectivity index (χ0v) is 14.6. The molecule has 0 aliphatic heterocycles. The van der Waals surface area contributed by atoms with Gasteiger partial charge in [0.1, 0.15) is 0 Å². The number of aryl methyl sites for hydroxylation is 1. The first-order valence-electron chi connectivity index (χ1n) is 8.44. The highest BCUT2D eigenvalue weighted by Crippen LogP contribution is 2.40. The number of isocyanates is 2. The molecular formula is C19H26N2O2. The van der Waals surface area contributed by atoms with E-state index in [0.29, 0.717) is 11.4 Å². The van der Waals surface area contributed by atoms with Crippen LogP contribution in [-0.2, 0) is 22.4 Å². The van der Waals surface area contributed by atoms with Crippen molar-refractivity contribution in [2.45, 2.75) is 72.1 Å². The van der Waals surface area contributed by atoms with Crippen molar-refractivity contribution in [3.63, 3.8) is 0 Å². The molecule has 0 aromatic heterocycles. The fourth-order valence-electron chi connectivity index (χ4n) is 2.76. The third-order valence-corrected chi connectivity index (χ3v) is 4.00. The maximum Gasteiger partial charge on any atom is 0.240 e. The van der Waals surface area contributed by atoms with Crippen molar-refractivity contribution < 1.29 is 9.59 Å². The Bertz CT molecular complexity index is 623. The molecule has 0 bridgehead atoms. The average molecular weight is 314 g/mol. The minimum absolute atomic E-state index is 0.233. The second kappa shape index (κ2) is 9.89. The largest absolute Gasteiger partial charge is 0.240 e. The molecule has 1 aromatic carbocycles. The average Bonchev–Trinajstić information content (AvgIpc) is 2.53. The van der Waals surface area contributed by atoms with Gasteiger partial charge in [0.05, 0.1) is 11.4 Å². The van der Waals surface area contributed by atoms with Gasteiger partial charge in [-0.05, 0) is 42.7 Å². The fourth-order valence-corrected chi connectivity index (χ4v) is 2.76. The minimum atomic E-state index is 0.233. The molecule has 124 valence electrons. The lowest BCUT2D eigenvalue weighted by Crippen LogP contribution is -2.00. The summed E-state index contributed by atoms with van der Waals surface area (Å²) < 4.78 is 0. The Hall–Kier alpha value is -2.02. The number of aliphatic imine (C=N–C) groups is 2. The highest BCUT2D eigenvalue weighted by Gasteiger charge is 2.19. The van der Waals surface area contributed by atoms with Gasteiger partial charge in [-0.25, -0.2) is 9.59 Å². The van der Waals surface area contributed by atoms with Crippen LogP contribution in [0, 0.1) is 0 Å². The first kappa shape index (κ1) is 19.0.